The number of ether oxygens (including phenoxy) is 1. The van der Waals surface area contributed by atoms with Crippen LogP contribution in [0.1, 0.15) is 40.2 Å². The van der Waals surface area contributed by atoms with Gasteiger partial charge in [-0.15, -0.1) is 0 Å². The van der Waals surface area contributed by atoms with Crippen molar-refractivity contribution in [2.75, 3.05) is 6.54 Å². The van der Waals surface area contributed by atoms with Gasteiger partial charge in [0, 0.05) is 6.54 Å². The molecule has 0 aliphatic rings. The van der Waals surface area contributed by atoms with Gasteiger partial charge in [0.25, 0.3) is 0 Å². The summed E-state index contributed by atoms with van der Waals surface area (Å²) < 4.78 is 5.25. The van der Waals surface area contributed by atoms with Crippen molar-refractivity contribution < 1.29 is 14.3 Å². The Kier molecular flexibility index (Phi) is 5.35. The number of alkyl carbamates (subject to hydrolysis) is 1. The van der Waals surface area contributed by atoms with E-state index in [9.17, 15) is 9.59 Å². The Hall–Kier alpha value is -2.04. The standard InChI is InChI=1S/C16H24N2O3/c1-6-17-13(19)16(5,12-10-8-7-9-11-12)18-14(20)21-15(2,3)4/h7-11H,6H2,1-5H3,(H,17,19)(H,18,20). The van der Waals surface area contributed by atoms with Crippen molar-refractivity contribution in [3.63, 3.8) is 0 Å². The molecular formula is C16H24N2O3. The number of hydrogen-bond donors (Lipinski definition) is 2. The first-order valence-corrected chi connectivity index (χ1v) is 7.04. The highest BCUT2D eigenvalue weighted by Gasteiger charge is 2.37. The number of amides is 2. The van der Waals surface area contributed by atoms with Crippen LogP contribution in [-0.4, -0.2) is 24.1 Å². The van der Waals surface area contributed by atoms with Gasteiger partial charge in [0.1, 0.15) is 11.1 Å². The molecule has 0 aromatic heterocycles. The van der Waals surface area contributed by atoms with E-state index in [0.717, 1.165) is 0 Å². The van der Waals surface area contributed by atoms with E-state index in [1.54, 1.807) is 39.8 Å². The Morgan fingerprint density at radius 1 is 1.10 bits per heavy atom. The highest BCUT2D eigenvalue weighted by Crippen LogP contribution is 2.22. The lowest BCUT2D eigenvalue weighted by atomic mass is 9.91. The lowest BCUT2D eigenvalue weighted by Crippen LogP contribution is -2.55. The van der Waals surface area contributed by atoms with Crippen LogP contribution in [0.15, 0.2) is 30.3 Å². The van der Waals surface area contributed by atoms with Crippen LogP contribution in [0.4, 0.5) is 4.79 Å². The van der Waals surface area contributed by atoms with Crippen LogP contribution in [0.5, 0.6) is 0 Å². The summed E-state index contributed by atoms with van der Waals surface area (Å²) in [5.74, 6) is -0.276. The van der Waals surface area contributed by atoms with Crippen LogP contribution in [0.2, 0.25) is 0 Å². The first-order valence-electron chi connectivity index (χ1n) is 7.04. The molecule has 5 heteroatoms. The number of benzene rings is 1. The summed E-state index contributed by atoms with van der Waals surface area (Å²) in [6.07, 6.45) is -0.625. The molecule has 0 radical (unpaired) electrons. The zero-order chi connectivity index (χ0) is 16.1. The number of hydrogen-bond acceptors (Lipinski definition) is 3. The van der Waals surface area contributed by atoms with Crippen LogP contribution in [-0.2, 0) is 15.1 Å². The second kappa shape index (κ2) is 6.61. The van der Waals surface area contributed by atoms with Crippen LogP contribution in [0.3, 0.4) is 0 Å². The number of carbonyl (C=O) groups excluding carboxylic acids is 2. The van der Waals surface area contributed by atoms with Gasteiger partial charge in [-0.3, -0.25) is 4.79 Å². The summed E-state index contributed by atoms with van der Waals surface area (Å²) in [5.41, 5.74) is -1.11. The maximum absolute atomic E-state index is 12.4. The molecule has 0 spiro atoms. The molecule has 0 saturated heterocycles. The molecule has 5 nitrogen and oxygen atoms in total. The predicted molar refractivity (Wildman–Crippen MR) is 81.8 cm³/mol. The van der Waals surface area contributed by atoms with Gasteiger partial charge < -0.3 is 15.4 Å². The van der Waals surface area contributed by atoms with Crippen molar-refractivity contribution in [1.82, 2.24) is 10.6 Å². The molecule has 1 aromatic rings. The number of carbonyl (C=O) groups is 2. The van der Waals surface area contributed by atoms with Gasteiger partial charge in [-0.2, -0.15) is 0 Å². The van der Waals surface area contributed by atoms with E-state index < -0.39 is 17.2 Å². The minimum absolute atomic E-state index is 0.276. The van der Waals surface area contributed by atoms with Crippen molar-refractivity contribution >= 4 is 12.0 Å². The Balaban J connectivity index is 3.04. The summed E-state index contributed by atoms with van der Waals surface area (Å²) in [4.78, 5) is 24.4. The van der Waals surface area contributed by atoms with Crippen LogP contribution < -0.4 is 10.6 Å². The van der Waals surface area contributed by atoms with Gasteiger partial charge in [-0.1, -0.05) is 30.3 Å². The maximum atomic E-state index is 12.4. The second-order valence-corrected chi connectivity index (χ2v) is 5.98. The van der Waals surface area contributed by atoms with E-state index in [2.05, 4.69) is 10.6 Å². The lowest BCUT2D eigenvalue weighted by molar-refractivity contribution is -0.127. The van der Waals surface area contributed by atoms with E-state index in [1.165, 1.54) is 0 Å². The van der Waals surface area contributed by atoms with E-state index in [4.69, 9.17) is 4.74 Å². The SMILES string of the molecule is CCNC(=O)C(C)(NC(=O)OC(C)(C)C)c1ccccc1. The molecule has 0 saturated carbocycles. The number of nitrogens with one attached hydrogen (secondary N) is 2. The fourth-order valence-corrected chi connectivity index (χ4v) is 1.88. The van der Waals surface area contributed by atoms with Gasteiger partial charge in [0.15, 0.2) is 0 Å². The van der Waals surface area contributed by atoms with E-state index in [-0.39, 0.29) is 5.91 Å². The summed E-state index contributed by atoms with van der Waals surface area (Å²) in [5, 5.41) is 5.42. The van der Waals surface area contributed by atoms with Gasteiger partial charge >= 0.3 is 6.09 Å². The highest BCUT2D eigenvalue weighted by molar-refractivity contribution is 5.90. The van der Waals surface area contributed by atoms with Crippen molar-refractivity contribution in [1.29, 1.82) is 0 Å². The molecule has 1 unspecified atom stereocenters. The second-order valence-electron chi connectivity index (χ2n) is 5.98. The van der Waals surface area contributed by atoms with Crippen LogP contribution in [0, 0.1) is 0 Å². The van der Waals surface area contributed by atoms with Crippen molar-refractivity contribution in [2.45, 2.75) is 45.8 Å². The molecule has 0 heterocycles. The molecule has 21 heavy (non-hydrogen) atoms. The molecule has 0 aliphatic heterocycles. The Morgan fingerprint density at radius 3 is 2.14 bits per heavy atom. The highest BCUT2D eigenvalue weighted by atomic mass is 16.6. The summed E-state index contributed by atoms with van der Waals surface area (Å²) in [6.45, 7) is 9.31. The summed E-state index contributed by atoms with van der Waals surface area (Å²) >= 11 is 0. The maximum Gasteiger partial charge on any atom is 0.408 e. The average molecular weight is 292 g/mol. The first kappa shape index (κ1) is 17.0. The average Bonchev–Trinajstić information content (AvgIpc) is 2.37. The quantitative estimate of drug-likeness (QED) is 0.896. The fourth-order valence-electron chi connectivity index (χ4n) is 1.88. The molecule has 1 rings (SSSR count). The minimum atomic E-state index is -1.18. The van der Waals surface area contributed by atoms with Gasteiger partial charge in [-0.25, -0.2) is 4.79 Å². The Labute approximate surface area is 126 Å². The Morgan fingerprint density at radius 2 is 1.67 bits per heavy atom. The van der Waals surface area contributed by atoms with Crippen molar-refractivity contribution in [2.24, 2.45) is 0 Å². The molecule has 2 amide bonds. The van der Waals surface area contributed by atoms with Gasteiger partial charge in [-0.05, 0) is 40.2 Å². The normalized spacial score (nSPS) is 14.0. The van der Waals surface area contributed by atoms with Crippen LogP contribution in [0.25, 0.3) is 0 Å². The molecule has 1 aromatic carbocycles. The van der Waals surface area contributed by atoms with Crippen molar-refractivity contribution in [3.8, 4) is 0 Å². The van der Waals surface area contributed by atoms with E-state index in [1.807, 2.05) is 25.1 Å². The number of rotatable bonds is 4. The molecule has 116 valence electrons. The van der Waals surface area contributed by atoms with Gasteiger partial charge in [0.05, 0.1) is 0 Å². The molecule has 2 N–H and O–H groups in total. The molecule has 0 fully saturated rings. The largest absolute Gasteiger partial charge is 0.444 e. The third-order valence-corrected chi connectivity index (χ3v) is 2.89. The molecule has 1 atom stereocenters. The third-order valence-electron chi connectivity index (χ3n) is 2.89. The zero-order valence-corrected chi connectivity index (χ0v) is 13.3. The fraction of sp³-hybridized carbons (Fsp3) is 0.500. The summed E-state index contributed by atoms with van der Waals surface area (Å²) in [6, 6.07) is 9.10. The molecule has 0 bridgehead atoms. The zero-order valence-electron chi connectivity index (χ0n) is 13.3. The van der Waals surface area contributed by atoms with E-state index >= 15 is 0 Å². The summed E-state index contributed by atoms with van der Waals surface area (Å²) in [7, 11) is 0. The number of likely N-dealkylation sites (N-methyl/N-ethyl adjacent to an activating group) is 1. The first-order chi connectivity index (χ1) is 9.69. The third kappa shape index (κ3) is 4.77. The Bertz CT molecular complexity index is 494. The topological polar surface area (TPSA) is 67.4 Å². The van der Waals surface area contributed by atoms with Gasteiger partial charge in [0.2, 0.25) is 5.91 Å². The monoisotopic (exact) mass is 292 g/mol. The van der Waals surface area contributed by atoms with Crippen molar-refractivity contribution in [3.05, 3.63) is 35.9 Å². The van der Waals surface area contributed by atoms with Crippen LogP contribution >= 0.6 is 0 Å². The lowest BCUT2D eigenvalue weighted by Gasteiger charge is -2.31. The van der Waals surface area contributed by atoms with E-state index in [0.29, 0.717) is 12.1 Å². The molecular weight excluding hydrogens is 268 g/mol. The minimum Gasteiger partial charge on any atom is -0.444 e. The predicted octanol–water partition coefficient (Wildman–Crippen LogP) is 2.56. The molecule has 0 aliphatic carbocycles. The smallest absolute Gasteiger partial charge is 0.408 e.